The number of ether oxygens (including phenoxy) is 1. The van der Waals surface area contributed by atoms with Crippen LogP contribution in [0.4, 0.5) is 0 Å². The van der Waals surface area contributed by atoms with Crippen LogP contribution in [0.15, 0.2) is 11.8 Å². The monoisotopic (exact) mass is 252 g/mol. The van der Waals surface area contributed by atoms with Crippen molar-refractivity contribution in [2.75, 3.05) is 0 Å². The summed E-state index contributed by atoms with van der Waals surface area (Å²) in [7, 11) is 0. The number of aliphatic hydroxyl groups is 1. The van der Waals surface area contributed by atoms with E-state index < -0.39 is 11.0 Å². The Hall–Kier alpha value is -0.830. The van der Waals surface area contributed by atoms with Gasteiger partial charge in [-0.2, -0.15) is 0 Å². The fraction of sp³-hybridized carbons (Fsp3) is 0.800. The minimum atomic E-state index is -0.635. The van der Waals surface area contributed by atoms with E-state index in [0.29, 0.717) is 18.1 Å². The SMILES string of the molecule is CCC(C)(C)C(=O)OC1=CCC2CCC(O)(C1)C2. The molecule has 0 saturated heterocycles. The van der Waals surface area contributed by atoms with Gasteiger partial charge >= 0.3 is 5.97 Å². The molecular formula is C15H24O3. The Labute approximate surface area is 109 Å². The summed E-state index contributed by atoms with van der Waals surface area (Å²) < 4.78 is 5.51. The summed E-state index contributed by atoms with van der Waals surface area (Å²) in [4.78, 5) is 12.0. The van der Waals surface area contributed by atoms with Crippen LogP contribution in [-0.2, 0) is 9.53 Å². The van der Waals surface area contributed by atoms with Crippen molar-refractivity contribution in [3.05, 3.63) is 11.8 Å². The van der Waals surface area contributed by atoms with Gasteiger partial charge in [0.2, 0.25) is 0 Å². The van der Waals surface area contributed by atoms with E-state index in [-0.39, 0.29) is 5.97 Å². The zero-order valence-corrected chi connectivity index (χ0v) is 11.7. The van der Waals surface area contributed by atoms with Gasteiger partial charge in [0.25, 0.3) is 0 Å². The molecule has 0 heterocycles. The predicted octanol–water partition coefficient (Wildman–Crippen LogP) is 3.17. The molecule has 1 fully saturated rings. The van der Waals surface area contributed by atoms with E-state index >= 15 is 0 Å². The van der Waals surface area contributed by atoms with Crippen LogP contribution in [0.25, 0.3) is 0 Å². The molecule has 3 heteroatoms. The van der Waals surface area contributed by atoms with Gasteiger partial charge in [-0.05, 0) is 57.9 Å². The molecule has 102 valence electrons. The topological polar surface area (TPSA) is 46.5 Å². The Bertz CT molecular complexity index is 370. The van der Waals surface area contributed by atoms with E-state index in [4.69, 9.17) is 4.74 Å². The zero-order chi connectivity index (χ0) is 13.4. The summed E-state index contributed by atoms with van der Waals surface area (Å²) in [5.74, 6) is 1.05. The standard InChI is InChI=1S/C15H24O3/c1-4-14(2,3)13(16)18-12-6-5-11-7-8-15(17,9-11)10-12/h6,11,17H,4-5,7-10H2,1-3H3. The van der Waals surface area contributed by atoms with Gasteiger partial charge in [0, 0.05) is 6.42 Å². The molecule has 0 aliphatic heterocycles. The van der Waals surface area contributed by atoms with Gasteiger partial charge in [-0.25, -0.2) is 0 Å². The third-order valence-corrected chi connectivity index (χ3v) is 4.53. The summed E-state index contributed by atoms with van der Waals surface area (Å²) in [6.45, 7) is 5.78. The maximum atomic E-state index is 12.0. The third-order valence-electron chi connectivity index (χ3n) is 4.53. The van der Waals surface area contributed by atoms with Gasteiger partial charge < -0.3 is 9.84 Å². The first kappa shape index (κ1) is 13.6. The molecule has 18 heavy (non-hydrogen) atoms. The molecule has 0 amide bonds. The van der Waals surface area contributed by atoms with Gasteiger partial charge in [-0.1, -0.05) is 6.92 Å². The van der Waals surface area contributed by atoms with Gasteiger partial charge in [0.05, 0.1) is 11.0 Å². The van der Waals surface area contributed by atoms with Crippen molar-refractivity contribution in [2.24, 2.45) is 11.3 Å². The smallest absolute Gasteiger partial charge is 0.316 e. The molecule has 2 atom stereocenters. The van der Waals surface area contributed by atoms with Crippen LogP contribution in [-0.4, -0.2) is 16.7 Å². The lowest BCUT2D eigenvalue weighted by Gasteiger charge is -2.25. The fourth-order valence-electron chi connectivity index (χ4n) is 2.75. The van der Waals surface area contributed by atoms with Crippen LogP contribution < -0.4 is 0 Å². The van der Waals surface area contributed by atoms with E-state index in [2.05, 4.69) is 0 Å². The van der Waals surface area contributed by atoms with Crippen LogP contribution in [0.3, 0.4) is 0 Å². The maximum Gasteiger partial charge on any atom is 0.316 e. The molecule has 2 aliphatic carbocycles. The van der Waals surface area contributed by atoms with E-state index in [9.17, 15) is 9.90 Å². The average Bonchev–Trinajstić information content (AvgIpc) is 2.58. The van der Waals surface area contributed by atoms with Crippen LogP contribution in [0.5, 0.6) is 0 Å². The lowest BCUT2D eigenvalue weighted by molar-refractivity contribution is -0.150. The van der Waals surface area contributed by atoms with Crippen molar-refractivity contribution in [2.45, 2.75) is 64.9 Å². The van der Waals surface area contributed by atoms with Gasteiger partial charge in [-0.15, -0.1) is 0 Å². The number of hydrogen-bond donors (Lipinski definition) is 1. The third kappa shape index (κ3) is 2.77. The quantitative estimate of drug-likeness (QED) is 0.785. The fourth-order valence-corrected chi connectivity index (χ4v) is 2.75. The number of hydrogen-bond acceptors (Lipinski definition) is 3. The molecule has 2 rings (SSSR count). The summed E-state index contributed by atoms with van der Waals surface area (Å²) in [5, 5.41) is 10.4. The van der Waals surface area contributed by atoms with E-state index in [1.54, 1.807) is 0 Å². The minimum absolute atomic E-state index is 0.183. The van der Waals surface area contributed by atoms with Crippen LogP contribution in [0.2, 0.25) is 0 Å². The molecule has 2 bridgehead atoms. The highest BCUT2D eigenvalue weighted by Gasteiger charge is 2.40. The number of carbonyl (C=O) groups excluding carboxylic acids is 1. The lowest BCUT2D eigenvalue weighted by Crippen LogP contribution is -2.29. The van der Waals surface area contributed by atoms with Crippen molar-refractivity contribution in [1.29, 1.82) is 0 Å². The Morgan fingerprint density at radius 1 is 1.61 bits per heavy atom. The van der Waals surface area contributed by atoms with E-state index in [1.807, 2.05) is 26.8 Å². The molecule has 1 saturated carbocycles. The molecule has 0 aromatic heterocycles. The van der Waals surface area contributed by atoms with Crippen LogP contribution in [0, 0.1) is 11.3 Å². The first-order chi connectivity index (χ1) is 8.35. The Morgan fingerprint density at radius 2 is 2.33 bits per heavy atom. The van der Waals surface area contributed by atoms with E-state index in [0.717, 1.165) is 32.1 Å². The summed E-state index contributed by atoms with van der Waals surface area (Å²) in [5.41, 5.74) is -1.08. The van der Waals surface area contributed by atoms with Gasteiger partial charge in [0.15, 0.2) is 0 Å². The Balaban J connectivity index is 2.04. The van der Waals surface area contributed by atoms with Crippen molar-refractivity contribution >= 4 is 5.97 Å². The molecule has 0 radical (unpaired) electrons. The average molecular weight is 252 g/mol. The van der Waals surface area contributed by atoms with Crippen molar-refractivity contribution in [3.63, 3.8) is 0 Å². The van der Waals surface area contributed by atoms with Crippen LogP contribution in [0.1, 0.15) is 59.3 Å². The number of allylic oxidation sites excluding steroid dienone is 1. The largest absolute Gasteiger partial charge is 0.431 e. The Kier molecular flexibility index (Phi) is 3.54. The molecule has 2 aliphatic rings. The van der Waals surface area contributed by atoms with Gasteiger partial charge in [-0.3, -0.25) is 4.79 Å². The highest BCUT2D eigenvalue weighted by Crippen LogP contribution is 2.43. The molecule has 0 aromatic rings. The summed E-state index contributed by atoms with van der Waals surface area (Å²) in [6.07, 6.45) is 6.96. The normalized spacial score (nSPS) is 31.8. The number of rotatable bonds is 3. The Morgan fingerprint density at radius 3 is 3.00 bits per heavy atom. The summed E-state index contributed by atoms with van der Waals surface area (Å²) in [6, 6.07) is 0. The number of esters is 1. The first-order valence-electron chi connectivity index (χ1n) is 6.98. The molecule has 2 unspecified atom stereocenters. The van der Waals surface area contributed by atoms with Crippen molar-refractivity contribution in [3.8, 4) is 0 Å². The first-order valence-corrected chi connectivity index (χ1v) is 6.98. The van der Waals surface area contributed by atoms with E-state index in [1.165, 1.54) is 0 Å². The summed E-state index contributed by atoms with van der Waals surface area (Å²) >= 11 is 0. The second-order valence-electron chi connectivity index (χ2n) is 6.54. The van der Waals surface area contributed by atoms with Crippen molar-refractivity contribution in [1.82, 2.24) is 0 Å². The maximum absolute atomic E-state index is 12.0. The number of fused-ring (bicyclic) bond motifs is 2. The molecular weight excluding hydrogens is 228 g/mol. The number of carbonyl (C=O) groups is 1. The lowest BCUT2D eigenvalue weighted by atomic mass is 9.90. The van der Waals surface area contributed by atoms with Gasteiger partial charge in [0.1, 0.15) is 5.76 Å². The van der Waals surface area contributed by atoms with Crippen LogP contribution >= 0.6 is 0 Å². The predicted molar refractivity (Wildman–Crippen MR) is 69.8 cm³/mol. The molecule has 0 spiro atoms. The molecule has 0 aromatic carbocycles. The highest BCUT2D eigenvalue weighted by molar-refractivity contribution is 5.76. The second-order valence-corrected chi connectivity index (χ2v) is 6.54. The molecule has 1 N–H and O–H groups in total. The second kappa shape index (κ2) is 4.69. The van der Waals surface area contributed by atoms with Crippen molar-refractivity contribution < 1.29 is 14.6 Å². The molecule has 3 nitrogen and oxygen atoms in total. The zero-order valence-electron chi connectivity index (χ0n) is 11.7. The highest BCUT2D eigenvalue weighted by atomic mass is 16.5. The minimum Gasteiger partial charge on any atom is -0.431 e.